The maximum absolute atomic E-state index is 12.3. The Morgan fingerprint density at radius 1 is 0.800 bits per heavy atom. The molecule has 0 saturated carbocycles. The lowest BCUT2D eigenvalue weighted by Gasteiger charge is -2.11. The molecule has 3 rings (SSSR count). The third-order valence-electron chi connectivity index (χ3n) is 4.22. The van der Waals surface area contributed by atoms with Gasteiger partial charge in [-0.1, -0.05) is 31.2 Å². The predicted molar refractivity (Wildman–Crippen MR) is 120 cm³/mol. The predicted octanol–water partition coefficient (Wildman–Crippen LogP) is 4.78. The second kappa shape index (κ2) is 10.7. The van der Waals surface area contributed by atoms with Crippen molar-refractivity contribution >= 4 is 28.9 Å². The van der Waals surface area contributed by atoms with Crippen LogP contribution in [-0.2, 0) is 4.79 Å². The second-order valence-corrected chi connectivity index (χ2v) is 6.68. The summed E-state index contributed by atoms with van der Waals surface area (Å²) in [6.45, 7) is 2.82. The van der Waals surface area contributed by atoms with Crippen molar-refractivity contribution in [1.29, 1.82) is 0 Å². The minimum Gasteiger partial charge on any atom is -0.494 e. The molecule has 0 aliphatic rings. The smallest absolute Gasteiger partial charge is 0.255 e. The van der Waals surface area contributed by atoms with Crippen molar-refractivity contribution in [3.05, 3.63) is 84.4 Å². The van der Waals surface area contributed by atoms with Crippen molar-refractivity contribution in [2.45, 2.75) is 13.3 Å². The van der Waals surface area contributed by atoms with E-state index < -0.39 is 0 Å². The maximum atomic E-state index is 12.3. The van der Waals surface area contributed by atoms with Gasteiger partial charge < -0.3 is 20.7 Å². The number of benzene rings is 3. The van der Waals surface area contributed by atoms with Gasteiger partial charge in [0, 0.05) is 22.6 Å². The van der Waals surface area contributed by atoms with E-state index in [1.54, 1.807) is 24.3 Å². The Morgan fingerprint density at radius 2 is 1.53 bits per heavy atom. The molecule has 0 unspecified atom stereocenters. The summed E-state index contributed by atoms with van der Waals surface area (Å²) >= 11 is 0. The molecule has 0 aliphatic carbocycles. The third kappa shape index (κ3) is 6.38. The van der Waals surface area contributed by atoms with Gasteiger partial charge in [-0.2, -0.15) is 0 Å². The van der Waals surface area contributed by atoms with Crippen LogP contribution in [0.2, 0.25) is 0 Å². The minimum absolute atomic E-state index is 0.101. The first-order valence-corrected chi connectivity index (χ1v) is 9.87. The number of carbonyl (C=O) groups is 2. The first kappa shape index (κ1) is 20.9. The fourth-order valence-electron chi connectivity index (χ4n) is 2.74. The van der Waals surface area contributed by atoms with E-state index in [-0.39, 0.29) is 18.4 Å². The highest BCUT2D eigenvalue weighted by atomic mass is 16.5. The van der Waals surface area contributed by atoms with Gasteiger partial charge in [0.1, 0.15) is 5.75 Å². The molecule has 0 atom stereocenters. The van der Waals surface area contributed by atoms with Crippen molar-refractivity contribution in [3.8, 4) is 5.75 Å². The maximum Gasteiger partial charge on any atom is 0.255 e. The van der Waals surface area contributed by atoms with Crippen LogP contribution in [0.4, 0.5) is 17.1 Å². The molecule has 6 nitrogen and oxygen atoms in total. The highest BCUT2D eigenvalue weighted by Gasteiger charge is 2.07. The van der Waals surface area contributed by atoms with Crippen molar-refractivity contribution < 1.29 is 14.3 Å². The van der Waals surface area contributed by atoms with Gasteiger partial charge in [0.2, 0.25) is 5.91 Å². The van der Waals surface area contributed by atoms with Crippen LogP contribution in [0, 0.1) is 0 Å². The molecular formula is C24H25N3O3. The molecule has 0 saturated heterocycles. The number of hydrogen-bond donors (Lipinski definition) is 3. The van der Waals surface area contributed by atoms with E-state index in [0.29, 0.717) is 23.5 Å². The van der Waals surface area contributed by atoms with Crippen molar-refractivity contribution in [3.63, 3.8) is 0 Å². The molecular weight excluding hydrogens is 378 g/mol. The molecule has 0 radical (unpaired) electrons. The Kier molecular flexibility index (Phi) is 7.44. The molecule has 6 heteroatoms. The zero-order valence-electron chi connectivity index (χ0n) is 16.9. The van der Waals surface area contributed by atoms with Crippen LogP contribution >= 0.6 is 0 Å². The monoisotopic (exact) mass is 403 g/mol. The van der Waals surface area contributed by atoms with Gasteiger partial charge in [-0.3, -0.25) is 9.59 Å². The van der Waals surface area contributed by atoms with Crippen LogP contribution < -0.4 is 20.7 Å². The molecule has 3 N–H and O–H groups in total. The Morgan fingerprint density at radius 3 is 2.27 bits per heavy atom. The molecule has 3 aromatic rings. The van der Waals surface area contributed by atoms with Gasteiger partial charge in [-0.05, 0) is 61.0 Å². The summed E-state index contributed by atoms with van der Waals surface area (Å²) in [6, 6.07) is 23.5. The number of rotatable bonds is 9. The lowest BCUT2D eigenvalue weighted by molar-refractivity contribution is -0.114. The van der Waals surface area contributed by atoms with Crippen LogP contribution in [0.1, 0.15) is 23.7 Å². The molecule has 30 heavy (non-hydrogen) atoms. The average Bonchev–Trinajstić information content (AvgIpc) is 2.78. The Hall–Kier alpha value is -3.80. The first-order valence-electron chi connectivity index (χ1n) is 9.87. The van der Waals surface area contributed by atoms with E-state index in [2.05, 4.69) is 22.9 Å². The van der Waals surface area contributed by atoms with Crippen LogP contribution in [0.5, 0.6) is 5.75 Å². The first-order chi connectivity index (χ1) is 14.6. The molecule has 0 heterocycles. The quantitative estimate of drug-likeness (QED) is 0.480. The molecule has 0 spiro atoms. The molecule has 0 aromatic heterocycles. The topological polar surface area (TPSA) is 79.5 Å². The normalized spacial score (nSPS) is 10.2. The molecule has 0 bridgehead atoms. The standard InChI is InChI=1S/C24H25N3O3/c1-2-15-30-22-13-11-19(12-14-22)26-23(28)17-25-20-9-6-10-21(16-20)27-24(29)18-7-4-3-5-8-18/h3-14,16,25H,2,15,17H2,1H3,(H,26,28)(H,27,29). The summed E-state index contributed by atoms with van der Waals surface area (Å²) in [4.78, 5) is 24.5. The second-order valence-electron chi connectivity index (χ2n) is 6.68. The number of ether oxygens (including phenoxy) is 1. The molecule has 2 amide bonds. The van der Waals surface area contributed by atoms with Gasteiger partial charge in [0.15, 0.2) is 0 Å². The van der Waals surface area contributed by atoms with E-state index >= 15 is 0 Å². The molecule has 154 valence electrons. The van der Waals surface area contributed by atoms with Gasteiger partial charge in [-0.25, -0.2) is 0 Å². The van der Waals surface area contributed by atoms with Crippen LogP contribution in [0.15, 0.2) is 78.9 Å². The Labute approximate surface area is 176 Å². The lowest BCUT2D eigenvalue weighted by Crippen LogP contribution is -2.21. The van der Waals surface area contributed by atoms with Gasteiger partial charge in [0.05, 0.1) is 13.2 Å². The number of hydrogen-bond acceptors (Lipinski definition) is 4. The van der Waals surface area contributed by atoms with Gasteiger partial charge >= 0.3 is 0 Å². The largest absolute Gasteiger partial charge is 0.494 e. The highest BCUT2D eigenvalue weighted by molar-refractivity contribution is 6.04. The minimum atomic E-state index is -0.183. The van der Waals surface area contributed by atoms with E-state index in [4.69, 9.17) is 4.74 Å². The third-order valence-corrected chi connectivity index (χ3v) is 4.22. The Bertz CT molecular complexity index is 973. The van der Waals surface area contributed by atoms with Crippen LogP contribution in [0.3, 0.4) is 0 Å². The van der Waals surface area contributed by atoms with E-state index in [9.17, 15) is 9.59 Å². The summed E-state index contributed by atoms with van der Waals surface area (Å²) < 4.78 is 5.53. The molecule has 0 aliphatic heterocycles. The SMILES string of the molecule is CCCOc1ccc(NC(=O)CNc2cccc(NC(=O)c3ccccc3)c2)cc1. The summed E-state index contributed by atoms with van der Waals surface area (Å²) in [7, 11) is 0. The fourth-order valence-corrected chi connectivity index (χ4v) is 2.74. The number of amides is 2. The zero-order valence-corrected chi connectivity index (χ0v) is 16.9. The van der Waals surface area contributed by atoms with Crippen LogP contribution in [0.25, 0.3) is 0 Å². The van der Waals surface area contributed by atoms with Gasteiger partial charge in [-0.15, -0.1) is 0 Å². The summed E-state index contributed by atoms with van der Waals surface area (Å²) in [5.41, 5.74) is 2.67. The molecule has 0 fully saturated rings. The van der Waals surface area contributed by atoms with E-state index in [1.807, 2.05) is 54.6 Å². The summed E-state index contributed by atoms with van der Waals surface area (Å²) in [5, 5.41) is 8.76. The fraction of sp³-hybridized carbons (Fsp3) is 0.167. The number of nitrogens with one attached hydrogen (secondary N) is 3. The number of anilines is 3. The van der Waals surface area contributed by atoms with Crippen molar-refractivity contribution in [2.75, 3.05) is 29.1 Å². The van der Waals surface area contributed by atoms with Gasteiger partial charge in [0.25, 0.3) is 5.91 Å². The summed E-state index contributed by atoms with van der Waals surface area (Å²) in [6.07, 6.45) is 0.946. The number of carbonyl (C=O) groups excluding carboxylic acids is 2. The average molecular weight is 403 g/mol. The summed E-state index contributed by atoms with van der Waals surface area (Å²) in [5.74, 6) is 0.426. The van der Waals surface area contributed by atoms with Crippen LogP contribution in [-0.4, -0.2) is 25.0 Å². The van der Waals surface area contributed by atoms with E-state index in [1.165, 1.54) is 0 Å². The van der Waals surface area contributed by atoms with E-state index in [0.717, 1.165) is 17.9 Å². The van der Waals surface area contributed by atoms with Crippen molar-refractivity contribution in [1.82, 2.24) is 0 Å². The Balaban J connectivity index is 1.50. The van der Waals surface area contributed by atoms with Crippen molar-refractivity contribution in [2.24, 2.45) is 0 Å². The highest BCUT2D eigenvalue weighted by Crippen LogP contribution is 2.17. The zero-order chi connectivity index (χ0) is 21.2. The lowest BCUT2D eigenvalue weighted by atomic mass is 10.2. The molecule has 3 aromatic carbocycles.